The Labute approximate surface area is 133 Å². The summed E-state index contributed by atoms with van der Waals surface area (Å²) in [7, 11) is 0. The van der Waals surface area contributed by atoms with E-state index < -0.39 is 17.6 Å². The van der Waals surface area contributed by atoms with Crippen molar-refractivity contribution in [2.24, 2.45) is 0 Å². The van der Waals surface area contributed by atoms with Crippen LogP contribution in [-0.4, -0.2) is 40.9 Å². The molecule has 2 aliphatic heterocycles. The molecule has 0 aliphatic carbocycles. The van der Waals surface area contributed by atoms with Gasteiger partial charge in [-0.15, -0.1) is 0 Å². The Morgan fingerprint density at radius 2 is 2.21 bits per heavy atom. The van der Waals surface area contributed by atoms with E-state index in [2.05, 4.69) is 15.2 Å². The summed E-state index contributed by atoms with van der Waals surface area (Å²) in [5, 5.41) is 37.3. The number of nitrogens with one attached hydrogen (secondary N) is 1. The van der Waals surface area contributed by atoms with Crippen LogP contribution < -0.4 is 10.3 Å². The van der Waals surface area contributed by atoms with Crippen molar-refractivity contribution in [3.8, 4) is 17.2 Å². The topological polar surface area (TPSA) is 133 Å². The van der Waals surface area contributed by atoms with Crippen molar-refractivity contribution >= 4 is 11.0 Å². The third-order valence-electron chi connectivity index (χ3n) is 4.71. The van der Waals surface area contributed by atoms with Gasteiger partial charge in [0.2, 0.25) is 11.5 Å². The lowest BCUT2D eigenvalue weighted by Gasteiger charge is -2.36. The van der Waals surface area contributed by atoms with Gasteiger partial charge in [0.25, 0.3) is 5.56 Å². The molecule has 1 aromatic carbocycles. The number of nitrogens with zero attached hydrogens (tertiary/aromatic N) is 3. The first-order valence-corrected chi connectivity index (χ1v) is 7.37. The number of hydrogen-bond donors (Lipinski definition) is 4. The Hall–Kier alpha value is -3.07. The van der Waals surface area contributed by atoms with E-state index in [0.717, 1.165) is 0 Å². The van der Waals surface area contributed by atoms with Crippen LogP contribution in [0, 0.1) is 0 Å². The summed E-state index contributed by atoms with van der Waals surface area (Å²) in [5.41, 5.74) is 0.637. The molecule has 0 spiro atoms. The van der Waals surface area contributed by atoms with Crippen LogP contribution in [0.5, 0.6) is 17.2 Å². The van der Waals surface area contributed by atoms with E-state index in [-0.39, 0.29) is 29.9 Å². The van der Waals surface area contributed by atoms with Crippen LogP contribution in [0.1, 0.15) is 17.4 Å². The highest BCUT2D eigenvalue weighted by Crippen LogP contribution is 2.49. The molecule has 0 saturated heterocycles. The fourth-order valence-corrected chi connectivity index (χ4v) is 3.56. The van der Waals surface area contributed by atoms with Gasteiger partial charge in [0.1, 0.15) is 17.3 Å². The van der Waals surface area contributed by atoms with Gasteiger partial charge in [0.05, 0.1) is 12.6 Å². The second kappa shape index (κ2) is 4.06. The lowest BCUT2D eigenvalue weighted by atomic mass is 9.94. The van der Waals surface area contributed by atoms with Gasteiger partial charge in [0, 0.05) is 12.0 Å². The molecule has 0 fully saturated rings. The number of aliphatic hydroxyl groups is 1. The van der Waals surface area contributed by atoms with Gasteiger partial charge in [-0.1, -0.05) is 6.07 Å². The van der Waals surface area contributed by atoms with Crippen LogP contribution in [0.2, 0.25) is 0 Å². The van der Waals surface area contributed by atoms with Crippen molar-refractivity contribution in [3.63, 3.8) is 0 Å². The van der Waals surface area contributed by atoms with E-state index >= 15 is 0 Å². The molecule has 0 radical (unpaired) electrons. The molecule has 0 amide bonds. The van der Waals surface area contributed by atoms with Crippen molar-refractivity contribution in [2.45, 2.75) is 24.7 Å². The molecule has 3 aromatic rings. The normalized spacial score (nSPS) is 24.3. The van der Waals surface area contributed by atoms with E-state index in [1.165, 1.54) is 16.8 Å². The SMILES string of the molecule is O=c1c2cn[nH]c2nc2n1C1Cc3ccc(O)c(O)c3O[C@@]1(O)C2. The molecule has 2 atom stereocenters. The summed E-state index contributed by atoms with van der Waals surface area (Å²) in [6.07, 6.45) is 1.64. The molecular weight excluding hydrogens is 316 g/mol. The van der Waals surface area contributed by atoms with Crippen molar-refractivity contribution in [2.75, 3.05) is 0 Å². The van der Waals surface area contributed by atoms with E-state index in [9.17, 15) is 20.1 Å². The molecule has 5 rings (SSSR count). The Bertz CT molecular complexity index is 1070. The maximum atomic E-state index is 12.7. The number of fused-ring (bicyclic) bond motifs is 5. The Morgan fingerprint density at radius 3 is 3.04 bits per heavy atom. The first-order valence-electron chi connectivity index (χ1n) is 7.37. The van der Waals surface area contributed by atoms with Gasteiger partial charge in [-0.3, -0.25) is 14.5 Å². The minimum Gasteiger partial charge on any atom is -0.504 e. The van der Waals surface area contributed by atoms with Crippen LogP contribution in [0.25, 0.3) is 11.0 Å². The number of H-pyrrole nitrogens is 1. The van der Waals surface area contributed by atoms with Crippen molar-refractivity contribution in [3.05, 3.63) is 40.1 Å². The molecule has 4 N–H and O–H groups in total. The summed E-state index contributed by atoms with van der Waals surface area (Å²) in [6, 6.07) is 2.26. The first kappa shape index (κ1) is 13.4. The zero-order valence-corrected chi connectivity index (χ0v) is 12.2. The largest absolute Gasteiger partial charge is 0.504 e. The monoisotopic (exact) mass is 328 g/mol. The smallest absolute Gasteiger partial charge is 0.265 e. The second-order valence-electron chi connectivity index (χ2n) is 6.10. The Kier molecular flexibility index (Phi) is 2.26. The van der Waals surface area contributed by atoms with Gasteiger partial charge < -0.3 is 20.1 Å². The number of phenolic OH excluding ortho intramolecular Hbond substituents is 2. The van der Waals surface area contributed by atoms with E-state index in [1.54, 1.807) is 6.07 Å². The average molecular weight is 328 g/mol. The lowest BCUT2D eigenvalue weighted by Crippen LogP contribution is -2.46. The van der Waals surface area contributed by atoms with E-state index in [1.807, 2.05) is 0 Å². The van der Waals surface area contributed by atoms with Crippen LogP contribution in [-0.2, 0) is 12.8 Å². The molecule has 1 unspecified atom stereocenters. The number of benzene rings is 1. The van der Waals surface area contributed by atoms with Gasteiger partial charge in [0.15, 0.2) is 17.1 Å². The molecule has 122 valence electrons. The Balaban J connectivity index is 1.73. The van der Waals surface area contributed by atoms with Gasteiger partial charge in [-0.05, 0) is 6.07 Å². The minimum atomic E-state index is -1.72. The number of rotatable bonds is 0. The lowest BCUT2D eigenvalue weighted by molar-refractivity contribution is -0.166. The van der Waals surface area contributed by atoms with Crippen molar-refractivity contribution < 1.29 is 20.1 Å². The quantitative estimate of drug-likeness (QED) is 0.425. The van der Waals surface area contributed by atoms with E-state index in [0.29, 0.717) is 22.4 Å². The molecule has 9 heteroatoms. The number of phenols is 2. The van der Waals surface area contributed by atoms with Crippen LogP contribution >= 0.6 is 0 Å². The van der Waals surface area contributed by atoms with E-state index in [4.69, 9.17) is 4.74 Å². The molecule has 0 bridgehead atoms. The first-order chi connectivity index (χ1) is 11.5. The number of aromatic hydroxyl groups is 2. The predicted molar refractivity (Wildman–Crippen MR) is 79.9 cm³/mol. The molecule has 24 heavy (non-hydrogen) atoms. The molecule has 2 aliphatic rings. The van der Waals surface area contributed by atoms with Crippen molar-refractivity contribution in [1.82, 2.24) is 19.7 Å². The highest BCUT2D eigenvalue weighted by molar-refractivity contribution is 5.72. The highest BCUT2D eigenvalue weighted by atomic mass is 16.6. The fraction of sp³-hybridized carbons (Fsp3) is 0.267. The molecule has 0 saturated carbocycles. The third kappa shape index (κ3) is 1.49. The summed E-state index contributed by atoms with van der Waals surface area (Å²) in [4.78, 5) is 17.1. The van der Waals surface area contributed by atoms with Crippen LogP contribution in [0.4, 0.5) is 0 Å². The zero-order chi connectivity index (χ0) is 16.6. The van der Waals surface area contributed by atoms with Gasteiger partial charge in [-0.25, -0.2) is 4.98 Å². The minimum absolute atomic E-state index is 0.0175. The second-order valence-corrected chi connectivity index (χ2v) is 6.10. The maximum absolute atomic E-state index is 12.7. The molecule has 4 heterocycles. The van der Waals surface area contributed by atoms with Crippen LogP contribution in [0.3, 0.4) is 0 Å². The molecule has 2 aromatic heterocycles. The van der Waals surface area contributed by atoms with Crippen molar-refractivity contribution in [1.29, 1.82) is 0 Å². The highest BCUT2D eigenvalue weighted by Gasteiger charge is 2.52. The standard InChI is InChI=1S/C15H12N4O5/c20-8-2-1-6-3-9-15(23,24-12(6)11(8)21)4-10-17-13-7(5-16-18-13)14(22)19(9)10/h1-2,5,9,20-21,23H,3-4H2,(H,16,18)/t9?,15-/m0/s1. The molecule has 9 nitrogen and oxygen atoms in total. The zero-order valence-electron chi connectivity index (χ0n) is 12.2. The average Bonchev–Trinajstić information content (AvgIpc) is 3.11. The number of hydrogen-bond acceptors (Lipinski definition) is 7. The van der Waals surface area contributed by atoms with Crippen LogP contribution in [0.15, 0.2) is 23.1 Å². The summed E-state index contributed by atoms with van der Waals surface area (Å²) in [6.45, 7) is 0. The fourth-order valence-electron chi connectivity index (χ4n) is 3.56. The summed E-state index contributed by atoms with van der Waals surface area (Å²) < 4.78 is 7.04. The Morgan fingerprint density at radius 1 is 1.38 bits per heavy atom. The number of aromatic nitrogens is 4. The van der Waals surface area contributed by atoms with Gasteiger partial charge >= 0.3 is 0 Å². The number of aromatic amines is 1. The maximum Gasteiger partial charge on any atom is 0.265 e. The summed E-state index contributed by atoms with van der Waals surface area (Å²) in [5.74, 6) is -2.07. The third-order valence-corrected chi connectivity index (χ3v) is 4.71. The summed E-state index contributed by atoms with van der Waals surface area (Å²) >= 11 is 0. The predicted octanol–water partition coefficient (Wildman–Crippen LogP) is -0.0483. The molecular formula is C15H12N4O5. The van der Waals surface area contributed by atoms with Gasteiger partial charge in [-0.2, -0.15) is 5.10 Å². The number of ether oxygens (including phenoxy) is 1.